The third-order valence-electron chi connectivity index (χ3n) is 2.78. The van der Waals surface area contributed by atoms with Crippen LogP contribution in [0.4, 0.5) is 0 Å². The molecular weight excluding hydrogens is 228 g/mol. The number of nitrogens with one attached hydrogen (secondary N) is 1. The van der Waals surface area contributed by atoms with Crippen molar-refractivity contribution in [2.45, 2.75) is 38.1 Å². The SMILES string of the molecule is CN1CC(NC(=O)CCCCCl)CCC1=O. The van der Waals surface area contributed by atoms with Crippen LogP contribution >= 0.6 is 11.6 Å². The zero-order chi connectivity index (χ0) is 12.0. The fraction of sp³-hybridized carbons (Fsp3) is 0.818. The molecule has 1 unspecified atom stereocenters. The molecule has 4 nitrogen and oxygen atoms in total. The molecule has 1 rings (SSSR count). The Kier molecular flexibility index (Phi) is 5.60. The number of alkyl halides is 1. The smallest absolute Gasteiger partial charge is 0.222 e. The van der Waals surface area contributed by atoms with E-state index in [0.29, 0.717) is 25.3 Å². The number of hydrogen-bond donors (Lipinski definition) is 1. The van der Waals surface area contributed by atoms with Crippen molar-refractivity contribution in [1.82, 2.24) is 10.2 Å². The van der Waals surface area contributed by atoms with Crippen LogP contribution in [0.2, 0.25) is 0 Å². The summed E-state index contributed by atoms with van der Waals surface area (Å²) in [5.41, 5.74) is 0. The first kappa shape index (κ1) is 13.3. The summed E-state index contributed by atoms with van der Waals surface area (Å²) in [5.74, 6) is 0.832. The van der Waals surface area contributed by atoms with Crippen molar-refractivity contribution in [2.24, 2.45) is 0 Å². The molecule has 92 valence electrons. The zero-order valence-electron chi connectivity index (χ0n) is 9.67. The molecule has 5 heteroatoms. The van der Waals surface area contributed by atoms with Crippen molar-refractivity contribution >= 4 is 23.4 Å². The van der Waals surface area contributed by atoms with Crippen molar-refractivity contribution in [3.8, 4) is 0 Å². The van der Waals surface area contributed by atoms with E-state index in [1.807, 2.05) is 0 Å². The van der Waals surface area contributed by atoms with Gasteiger partial charge in [-0.1, -0.05) is 0 Å². The number of nitrogens with zero attached hydrogens (tertiary/aromatic N) is 1. The molecule has 1 fully saturated rings. The van der Waals surface area contributed by atoms with Crippen LogP contribution in [0.1, 0.15) is 32.1 Å². The van der Waals surface area contributed by atoms with Crippen LogP contribution < -0.4 is 5.32 Å². The Balaban J connectivity index is 2.21. The number of unbranched alkanes of at least 4 members (excludes halogenated alkanes) is 1. The summed E-state index contributed by atoms with van der Waals surface area (Å²) < 4.78 is 0. The topological polar surface area (TPSA) is 49.4 Å². The van der Waals surface area contributed by atoms with Crippen molar-refractivity contribution in [3.63, 3.8) is 0 Å². The van der Waals surface area contributed by atoms with E-state index in [-0.39, 0.29) is 17.9 Å². The molecule has 0 aliphatic carbocycles. The number of hydrogen-bond acceptors (Lipinski definition) is 2. The maximum absolute atomic E-state index is 11.5. The molecule has 1 saturated heterocycles. The van der Waals surface area contributed by atoms with Gasteiger partial charge in [0.05, 0.1) is 0 Å². The average molecular weight is 247 g/mol. The quantitative estimate of drug-likeness (QED) is 0.584. The fourth-order valence-electron chi connectivity index (χ4n) is 1.81. The number of carbonyl (C=O) groups is 2. The molecule has 0 saturated carbocycles. The highest BCUT2D eigenvalue weighted by Gasteiger charge is 2.23. The van der Waals surface area contributed by atoms with Crippen LogP contribution in [-0.4, -0.2) is 42.2 Å². The summed E-state index contributed by atoms with van der Waals surface area (Å²) in [7, 11) is 1.77. The normalized spacial score (nSPS) is 21.0. The predicted octanol–water partition coefficient (Wildman–Crippen LogP) is 1.13. The largest absolute Gasteiger partial charge is 0.352 e. The van der Waals surface area contributed by atoms with E-state index in [0.717, 1.165) is 19.3 Å². The van der Waals surface area contributed by atoms with Gasteiger partial charge < -0.3 is 10.2 Å². The summed E-state index contributed by atoms with van der Waals surface area (Å²) in [5, 5.41) is 2.95. The van der Waals surface area contributed by atoms with E-state index in [9.17, 15) is 9.59 Å². The first-order valence-corrected chi connectivity index (χ1v) is 6.26. The van der Waals surface area contributed by atoms with E-state index in [1.165, 1.54) is 0 Å². The molecule has 0 spiro atoms. The molecule has 2 amide bonds. The van der Waals surface area contributed by atoms with Gasteiger partial charge in [-0.15, -0.1) is 11.6 Å². The maximum atomic E-state index is 11.5. The minimum Gasteiger partial charge on any atom is -0.352 e. The number of piperidine rings is 1. The van der Waals surface area contributed by atoms with Gasteiger partial charge in [-0.2, -0.15) is 0 Å². The Morgan fingerprint density at radius 3 is 2.94 bits per heavy atom. The third-order valence-corrected chi connectivity index (χ3v) is 3.05. The lowest BCUT2D eigenvalue weighted by Gasteiger charge is -2.30. The molecule has 0 aromatic heterocycles. The van der Waals surface area contributed by atoms with Gasteiger partial charge in [0.1, 0.15) is 0 Å². The summed E-state index contributed by atoms with van der Waals surface area (Å²) in [6.07, 6.45) is 3.52. The van der Waals surface area contributed by atoms with Crippen LogP contribution in [0.5, 0.6) is 0 Å². The summed E-state index contributed by atoms with van der Waals surface area (Å²) in [6.45, 7) is 0.625. The van der Waals surface area contributed by atoms with Crippen LogP contribution in [0.15, 0.2) is 0 Å². The van der Waals surface area contributed by atoms with Crippen LogP contribution in [0.25, 0.3) is 0 Å². The molecule has 0 radical (unpaired) electrons. The average Bonchev–Trinajstić information content (AvgIpc) is 2.24. The Morgan fingerprint density at radius 1 is 1.56 bits per heavy atom. The molecular formula is C11H19ClN2O2. The van der Waals surface area contributed by atoms with Crippen molar-refractivity contribution in [1.29, 1.82) is 0 Å². The van der Waals surface area contributed by atoms with E-state index >= 15 is 0 Å². The Morgan fingerprint density at radius 2 is 2.31 bits per heavy atom. The standard InChI is InChI=1S/C11H19ClN2O2/c1-14-8-9(5-6-11(14)16)13-10(15)4-2-3-7-12/h9H,2-8H2,1H3,(H,13,15). The van der Waals surface area contributed by atoms with Gasteiger partial charge >= 0.3 is 0 Å². The summed E-state index contributed by atoms with van der Waals surface area (Å²) >= 11 is 5.54. The van der Waals surface area contributed by atoms with E-state index in [2.05, 4.69) is 5.32 Å². The van der Waals surface area contributed by atoms with Crippen molar-refractivity contribution < 1.29 is 9.59 Å². The molecule has 0 aromatic rings. The lowest BCUT2D eigenvalue weighted by molar-refractivity contribution is -0.134. The second-order valence-corrected chi connectivity index (χ2v) is 4.60. The third kappa shape index (κ3) is 4.39. The van der Waals surface area contributed by atoms with Gasteiger partial charge in [-0.05, 0) is 19.3 Å². The maximum Gasteiger partial charge on any atom is 0.222 e. The highest BCUT2D eigenvalue weighted by Crippen LogP contribution is 2.10. The van der Waals surface area contributed by atoms with Crippen LogP contribution in [0, 0.1) is 0 Å². The van der Waals surface area contributed by atoms with Crippen LogP contribution in [-0.2, 0) is 9.59 Å². The summed E-state index contributed by atoms with van der Waals surface area (Å²) in [6, 6.07) is 0.117. The molecule has 0 aromatic carbocycles. The molecule has 1 aliphatic rings. The first-order chi connectivity index (χ1) is 7.63. The van der Waals surface area contributed by atoms with E-state index < -0.39 is 0 Å². The predicted molar refractivity (Wildman–Crippen MR) is 63.4 cm³/mol. The lowest BCUT2D eigenvalue weighted by atomic mass is 10.1. The first-order valence-electron chi connectivity index (χ1n) is 5.72. The zero-order valence-corrected chi connectivity index (χ0v) is 10.4. The minimum atomic E-state index is 0.0675. The van der Waals surface area contributed by atoms with Gasteiger partial charge in [0.2, 0.25) is 11.8 Å². The van der Waals surface area contributed by atoms with E-state index in [1.54, 1.807) is 11.9 Å². The molecule has 1 atom stereocenters. The second-order valence-electron chi connectivity index (χ2n) is 4.22. The molecule has 16 heavy (non-hydrogen) atoms. The molecule has 1 N–H and O–H groups in total. The highest BCUT2D eigenvalue weighted by atomic mass is 35.5. The number of halogens is 1. The summed E-state index contributed by atoms with van der Waals surface area (Å²) in [4.78, 5) is 24.4. The lowest BCUT2D eigenvalue weighted by Crippen LogP contribution is -2.48. The van der Waals surface area contributed by atoms with Gasteiger partial charge in [0.15, 0.2) is 0 Å². The number of likely N-dealkylation sites (tertiary alicyclic amines) is 1. The Hall–Kier alpha value is -0.770. The van der Waals surface area contributed by atoms with Gasteiger partial charge in [0.25, 0.3) is 0 Å². The number of carbonyl (C=O) groups excluding carboxylic acids is 2. The van der Waals surface area contributed by atoms with Gasteiger partial charge in [0, 0.05) is 38.4 Å². The van der Waals surface area contributed by atoms with Crippen LogP contribution in [0.3, 0.4) is 0 Å². The van der Waals surface area contributed by atoms with Gasteiger partial charge in [-0.25, -0.2) is 0 Å². The number of likely N-dealkylation sites (N-methyl/N-ethyl adjacent to an activating group) is 1. The molecule has 1 heterocycles. The molecule has 1 aliphatic heterocycles. The highest BCUT2D eigenvalue weighted by molar-refractivity contribution is 6.17. The van der Waals surface area contributed by atoms with Crippen molar-refractivity contribution in [2.75, 3.05) is 19.5 Å². The second kappa shape index (κ2) is 6.74. The monoisotopic (exact) mass is 246 g/mol. The Bertz CT molecular complexity index is 258. The van der Waals surface area contributed by atoms with Gasteiger partial charge in [-0.3, -0.25) is 9.59 Å². The minimum absolute atomic E-state index is 0.0675. The van der Waals surface area contributed by atoms with E-state index in [4.69, 9.17) is 11.6 Å². The Labute approximate surface area is 101 Å². The van der Waals surface area contributed by atoms with Crippen molar-refractivity contribution in [3.05, 3.63) is 0 Å². The molecule has 0 bridgehead atoms. The number of amides is 2. The number of rotatable bonds is 5. The fourth-order valence-corrected chi connectivity index (χ4v) is 2.00.